The van der Waals surface area contributed by atoms with Crippen LogP contribution in [-0.4, -0.2) is 30.8 Å². The Labute approximate surface area is 183 Å². The number of aryl methyl sites for hydroxylation is 3. The summed E-state index contributed by atoms with van der Waals surface area (Å²) in [4.78, 5) is 25.7. The van der Waals surface area contributed by atoms with E-state index in [-0.39, 0.29) is 4.90 Å². The zero-order valence-corrected chi connectivity index (χ0v) is 19.0. The van der Waals surface area contributed by atoms with E-state index in [1.54, 1.807) is 18.2 Å². The molecule has 0 atom stereocenters. The van der Waals surface area contributed by atoms with E-state index in [2.05, 4.69) is 10.6 Å². The number of rotatable bonds is 4. The van der Waals surface area contributed by atoms with Gasteiger partial charge in [0.2, 0.25) is 0 Å². The fourth-order valence-electron chi connectivity index (χ4n) is 4.17. The van der Waals surface area contributed by atoms with Crippen LogP contribution in [0, 0.1) is 20.8 Å². The van der Waals surface area contributed by atoms with Crippen molar-refractivity contribution in [2.75, 3.05) is 5.32 Å². The van der Waals surface area contributed by atoms with Gasteiger partial charge in [-0.2, -0.15) is 0 Å². The molecule has 8 heteroatoms. The van der Waals surface area contributed by atoms with Gasteiger partial charge in [-0.05, 0) is 56.9 Å². The van der Waals surface area contributed by atoms with Gasteiger partial charge in [-0.1, -0.05) is 55.2 Å². The molecule has 166 valence electrons. The van der Waals surface area contributed by atoms with Crippen LogP contribution in [-0.2, 0) is 10.0 Å². The Hall–Kier alpha value is -2.87. The third kappa shape index (κ3) is 5.25. The molecule has 1 aliphatic rings. The number of benzene rings is 2. The maximum Gasteiger partial charge on any atom is 0.339 e. The highest BCUT2D eigenvalue weighted by molar-refractivity contribution is 7.89. The van der Waals surface area contributed by atoms with E-state index in [1.165, 1.54) is 12.1 Å². The van der Waals surface area contributed by atoms with Crippen molar-refractivity contribution in [3.8, 4) is 0 Å². The molecule has 0 bridgehead atoms. The fourth-order valence-corrected chi connectivity index (χ4v) is 5.76. The normalized spacial score (nSPS) is 14.7. The number of anilines is 1. The third-order valence-electron chi connectivity index (χ3n) is 5.54. The van der Waals surface area contributed by atoms with Crippen molar-refractivity contribution in [1.29, 1.82) is 0 Å². The van der Waals surface area contributed by atoms with Gasteiger partial charge in [-0.3, -0.25) is 5.32 Å². The molecule has 0 aromatic heterocycles. The molecule has 2 aromatic rings. The molecule has 31 heavy (non-hydrogen) atoms. The maximum atomic E-state index is 13.3. The van der Waals surface area contributed by atoms with E-state index < -0.39 is 28.1 Å². The van der Waals surface area contributed by atoms with Crippen molar-refractivity contribution in [2.45, 2.75) is 63.8 Å². The van der Waals surface area contributed by atoms with Gasteiger partial charge < -0.3 is 5.32 Å². The van der Waals surface area contributed by atoms with Gasteiger partial charge in [0.05, 0.1) is 10.9 Å². The quantitative estimate of drug-likeness (QED) is 0.704. The zero-order chi connectivity index (χ0) is 22.6. The van der Waals surface area contributed by atoms with Crippen LogP contribution in [0.5, 0.6) is 0 Å². The smallest absolute Gasteiger partial charge is 0.307 e. The van der Waals surface area contributed by atoms with E-state index in [1.807, 2.05) is 32.9 Å². The molecule has 1 saturated carbocycles. The Morgan fingerprint density at radius 1 is 0.935 bits per heavy atom. The summed E-state index contributed by atoms with van der Waals surface area (Å²) in [6.45, 7) is 5.70. The number of carbonyl (C=O) groups excluding carboxylic acids is 2. The number of hydrogen-bond acceptors (Lipinski definition) is 4. The highest BCUT2D eigenvalue weighted by Gasteiger charge is 2.37. The third-order valence-corrected chi connectivity index (χ3v) is 7.39. The fraction of sp³-hybridized carbons (Fsp3) is 0.391. The predicted molar refractivity (Wildman–Crippen MR) is 121 cm³/mol. The Bertz CT molecular complexity index is 1040. The minimum atomic E-state index is -4.10. The van der Waals surface area contributed by atoms with E-state index in [0.717, 1.165) is 40.3 Å². The minimum absolute atomic E-state index is 0.0290. The molecule has 0 spiro atoms. The molecule has 0 unspecified atom stereocenters. The van der Waals surface area contributed by atoms with Crippen LogP contribution in [0.15, 0.2) is 47.4 Å². The molecular formula is C23H29N3O4S. The standard InChI is InChI=1S/C23H29N3O4S/c1-16-14-17(2)21(18(3)15-16)24-22(27)25-23(28)26(19-10-6-4-7-11-19)31(29,30)20-12-8-5-9-13-20/h5,8-9,12-15,19H,4,6-7,10-11H2,1-3H3,(H2,24,25,27,28). The second-order valence-electron chi connectivity index (χ2n) is 8.06. The average molecular weight is 444 g/mol. The summed E-state index contributed by atoms with van der Waals surface area (Å²) in [5.74, 6) is 0. The largest absolute Gasteiger partial charge is 0.339 e. The zero-order valence-electron chi connectivity index (χ0n) is 18.1. The van der Waals surface area contributed by atoms with E-state index in [0.29, 0.717) is 18.5 Å². The van der Waals surface area contributed by atoms with Crippen LogP contribution < -0.4 is 10.6 Å². The number of hydrogen-bond donors (Lipinski definition) is 2. The molecular weight excluding hydrogens is 414 g/mol. The average Bonchev–Trinajstić information content (AvgIpc) is 2.72. The monoisotopic (exact) mass is 443 g/mol. The molecule has 0 saturated heterocycles. The first-order valence-corrected chi connectivity index (χ1v) is 11.9. The Kier molecular flexibility index (Phi) is 7.00. The van der Waals surface area contributed by atoms with Gasteiger partial charge in [0, 0.05) is 5.69 Å². The van der Waals surface area contributed by atoms with Crippen LogP contribution in [0.2, 0.25) is 0 Å². The lowest BCUT2D eigenvalue weighted by atomic mass is 9.96. The molecule has 4 amide bonds. The van der Waals surface area contributed by atoms with Crippen molar-refractivity contribution in [1.82, 2.24) is 9.62 Å². The van der Waals surface area contributed by atoms with Crippen LogP contribution >= 0.6 is 0 Å². The van der Waals surface area contributed by atoms with Crippen molar-refractivity contribution >= 4 is 27.8 Å². The van der Waals surface area contributed by atoms with Gasteiger partial charge in [-0.15, -0.1) is 0 Å². The summed E-state index contributed by atoms with van der Waals surface area (Å²) in [5, 5.41) is 4.92. The molecule has 0 aliphatic heterocycles. The first-order valence-electron chi connectivity index (χ1n) is 10.5. The summed E-state index contributed by atoms with van der Waals surface area (Å²) in [7, 11) is -4.10. The number of nitrogens with one attached hydrogen (secondary N) is 2. The summed E-state index contributed by atoms with van der Waals surface area (Å²) in [6, 6.07) is 9.53. The molecule has 0 radical (unpaired) electrons. The van der Waals surface area contributed by atoms with Crippen molar-refractivity contribution < 1.29 is 18.0 Å². The van der Waals surface area contributed by atoms with Crippen LogP contribution in [0.4, 0.5) is 15.3 Å². The van der Waals surface area contributed by atoms with Gasteiger partial charge in [-0.25, -0.2) is 22.3 Å². The number of nitrogens with zero attached hydrogens (tertiary/aromatic N) is 1. The SMILES string of the molecule is Cc1cc(C)c(NC(=O)NC(=O)N(C2CCCCC2)S(=O)(=O)c2ccccc2)c(C)c1. The first kappa shape index (κ1) is 22.8. The van der Waals surface area contributed by atoms with E-state index in [9.17, 15) is 18.0 Å². The second kappa shape index (κ2) is 9.51. The van der Waals surface area contributed by atoms with Crippen molar-refractivity contribution in [3.63, 3.8) is 0 Å². The van der Waals surface area contributed by atoms with Crippen LogP contribution in [0.25, 0.3) is 0 Å². The lowest BCUT2D eigenvalue weighted by Gasteiger charge is -2.33. The van der Waals surface area contributed by atoms with Gasteiger partial charge in [0.15, 0.2) is 0 Å². The number of imide groups is 1. The summed E-state index contributed by atoms with van der Waals surface area (Å²) in [5.41, 5.74) is 3.39. The molecule has 0 heterocycles. The second-order valence-corrected chi connectivity index (χ2v) is 9.88. The molecule has 1 aliphatic carbocycles. The predicted octanol–water partition coefficient (Wildman–Crippen LogP) is 4.88. The summed E-state index contributed by atoms with van der Waals surface area (Å²) in [6.07, 6.45) is 3.85. The number of amides is 4. The Morgan fingerprint density at radius 3 is 2.10 bits per heavy atom. The molecule has 3 rings (SSSR count). The lowest BCUT2D eigenvalue weighted by molar-refractivity contribution is 0.199. The number of carbonyl (C=O) groups is 2. The van der Waals surface area contributed by atoms with Gasteiger partial charge >= 0.3 is 12.1 Å². The molecule has 7 nitrogen and oxygen atoms in total. The highest BCUT2D eigenvalue weighted by Crippen LogP contribution is 2.28. The maximum absolute atomic E-state index is 13.3. The van der Waals surface area contributed by atoms with Crippen LogP contribution in [0.3, 0.4) is 0 Å². The van der Waals surface area contributed by atoms with E-state index in [4.69, 9.17) is 0 Å². The molecule has 2 aromatic carbocycles. The number of sulfonamides is 1. The Morgan fingerprint density at radius 2 is 1.52 bits per heavy atom. The molecule has 1 fully saturated rings. The Balaban J connectivity index is 1.84. The number of urea groups is 2. The van der Waals surface area contributed by atoms with E-state index >= 15 is 0 Å². The van der Waals surface area contributed by atoms with Gasteiger partial charge in [0.1, 0.15) is 0 Å². The highest BCUT2D eigenvalue weighted by atomic mass is 32.2. The van der Waals surface area contributed by atoms with Crippen molar-refractivity contribution in [2.24, 2.45) is 0 Å². The topological polar surface area (TPSA) is 95.6 Å². The lowest BCUT2D eigenvalue weighted by Crippen LogP contribution is -2.52. The summed E-state index contributed by atoms with van der Waals surface area (Å²) >= 11 is 0. The first-order chi connectivity index (χ1) is 14.7. The van der Waals surface area contributed by atoms with Crippen molar-refractivity contribution in [3.05, 3.63) is 59.2 Å². The minimum Gasteiger partial charge on any atom is -0.307 e. The molecule has 2 N–H and O–H groups in total. The van der Waals surface area contributed by atoms with Gasteiger partial charge in [0.25, 0.3) is 10.0 Å². The van der Waals surface area contributed by atoms with Crippen LogP contribution in [0.1, 0.15) is 48.8 Å². The summed E-state index contributed by atoms with van der Waals surface area (Å²) < 4.78 is 27.4.